The number of aromatic amines is 2. The van der Waals surface area contributed by atoms with Crippen LogP contribution >= 0.6 is 23.6 Å². The molecule has 4 heterocycles. The van der Waals surface area contributed by atoms with Crippen molar-refractivity contribution in [2.24, 2.45) is 0 Å². The summed E-state index contributed by atoms with van der Waals surface area (Å²) in [5.74, 6) is 2.23. The monoisotopic (exact) mass is 611 g/mol. The maximum absolute atomic E-state index is 13.0. The van der Waals surface area contributed by atoms with E-state index in [1.165, 1.54) is 18.3 Å². The van der Waals surface area contributed by atoms with Crippen molar-refractivity contribution in [1.82, 2.24) is 19.9 Å². The van der Waals surface area contributed by atoms with Crippen LogP contribution in [-0.4, -0.2) is 73.8 Å². The average molecular weight is 612 g/mol. The number of benzene rings is 2. The van der Waals surface area contributed by atoms with Gasteiger partial charge in [0.25, 0.3) is 0 Å². The summed E-state index contributed by atoms with van der Waals surface area (Å²) in [7, 11) is -0.473. The van der Waals surface area contributed by atoms with Crippen molar-refractivity contribution in [3.8, 4) is 11.5 Å². The van der Waals surface area contributed by atoms with E-state index in [-0.39, 0.29) is 9.10 Å². The van der Waals surface area contributed by atoms with Crippen molar-refractivity contribution < 1.29 is 22.9 Å². The van der Waals surface area contributed by atoms with Gasteiger partial charge in [0.1, 0.15) is 9.60 Å². The van der Waals surface area contributed by atoms with E-state index in [4.69, 9.17) is 27.4 Å². The number of methoxy groups -OCH3 is 2. The van der Waals surface area contributed by atoms with Gasteiger partial charge in [0.15, 0.2) is 21.7 Å². The van der Waals surface area contributed by atoms with Crippen molar-refractivity contribution in [1.29, 1.82) is 0 Å². The molecule has 15 heteroatoms. The first-order chi connectivity index (χ1) is 19.8. The number of hydrogen-bond acceptors (Lipinski definition) is 10. The number of ether oxygens (including phenoxy) is 2. The molecule has 1 aliphatic heterocycles. The van der Waals surface area contributed by atoms with Crippen LogP contribution < -0.4 is 30.4 Å². The summed E-state index contributed by atoms with van der Waals surface area (Å²) >= 11 is 6.69. The number of nitrogens with one attached hydrogen (secondary N) is 3. The Kier molecular flexibility index (Phi) is 7.01. The Bertz CT molecular complexity index is 1860. The van der Waals surface area contributed by atoms with E-state index in [2.05, 4.69) is 30.2 Å². The number of hydrogen-bond donors (Lipinski definition) is 3. The number of nitrogens with zero attached hydrogens (tertiary/aromatic N) is 4. The van der Waals surface area contributed by atoms with Crippen molar-refractivity contribution in [3.63, 3.8) is 0 Å². The number of anilines is 3. The number of thiazole rings is 1. The number of nitrogens with two attached hydrogens (primary N) is 1. The highest BCUT2D eigenvalue weighted by Gasteiger charge is 2.28. The van der Waals surface area contributed by atoms with E-state index < -0.39 is 9.84 Å². The largest absolute Gasteiger partial charge is 0.493 e. The lowest BCUT2D eigenvalue weighted by Gasteiger charge is -2.33. The smallest absolute Gasteiger partial charge is 0.234 e. The van der Waals surface area contributed by atoms with Crippen LogP contribution in [0.5, 0.6) is 11.5 Å². The molecule has 0 saturated carbocycles. The Labute approximate surface area is 245 Å². The van der Waals surface area contributed by atoms with Crippen LogP contribution in [0.25, 0.3) is 21.9 Å². The van der Waals surface area contributed by atoms with Crippen LogP contribution in [0.4, 0.5) is 16.6 Å². The molecule has 0 amide bonds. The zero-order valence-electron chi connectivity index (χ0n) is 22.2. The molecule has 5 aromatic rings. The number of sulfone groups is 1. The van der Waals surface area contributed by atoms with Gasteiger partial charge in [-0.3, -0.25) is 4.90 Å². The second-order valence-electron chi connectivity index (χ2n) is 9.31. The van der Waals surface area contributed by atoms with Crippen LogP contribution in [0.2, 0.25) is 0 Å². The van der Waals surface area contributed by atoms with Crippen LogP contribution in [0.15, 0.2) is 58.0 Å². The normalized spacial score (nSPS) is 14.0. The number of aromatic nitrogens is 4. The SMILES string of the molecule is COc1cc2[nH]c3nc[nH+]c(N4CCN(C(=S)Nc5ncc(S(=O)(=O)c6ccc(N)cc6)s5)CC4)c3c2cc1OC. The lowest BCUT2D eigenvalue weighted by molar-refractivity contribution is -0.367. The fourth-order valence-electron chi connectivity index (χ4n) is 4.83. The fourth-order valence-corrected chi connectivity index (χ4v) is 7.61. The van der Waals surface area contributed by atoms with Crippen molar-refractivity contribution in [2.75, 3.05) is 56.3 Å². The molecule has 0 unspecified atom stereocenters. The van der Waals surface area contributed by atoms with Gasteiger partial charge in [-0.25, -0.2) is 18.4 Å². The zero-order valence-corrected chi connectivity index (χ0v) is 24.6. The summed E-state index contributed by atoms with van der Waals surface area (Å²) in [4.78, 5) is 19.9. The third-order valence-corrected chi connectivity index (χ3v) is 10.5. The van der Waals surface area contributed by atoms with Crippen LogP contribution in [0.1, 0.15) is 0 Å². The van der Waals surface area contributed by atoms with Gasteiger partial charge in [-0.15, -0.1) is 0 Å². The number of fused-ring (bicyclic) bond motifs is 3. The predicted octanol–water partition coefficient (Wildman–Crippen LogP) is 2.94. The molecule has 0 radical (unpaired) electrons. The van der Waals surface area contributed by atoms with Crippen molar-refractivity contribution in [3.05, 3.63) is 48.9 Å². The Morgan fingerprint density at radius 1 is 1.10 bits per heavy atom. The molecule has 2 aromatic carbocycles. The van der Waals surface area contributed by atoms with Crippen LogP contribution in [0.3, 0.4) is 0 Å². The number of piperazine rings is 1. The highest BCUT2D eigenvalue weighted by atomic mass is 32.2. The van der Waals surface area contributed by atoms with Gasteiger partial charge in [-0.1, -0.05) is 16.3 Å². The first-order valence-corrected chi connectivity index (χ1v) is 15.3. The molecule has 1 aliphatic rings. The number of H-pyrrole nitrogens is 2. The molecular formula is C26H27N8O4S3+. The summed E-state index contributed by atoms with van der Waals surface area (Å²) in [5, 5.41) is 5.96. The molecule has 1 fully saturated rings. The minimum absolute atomic E-state index is 0.127. The van der Waals surface area contributed by atoms with E-state index in [1.54, 1.807) is 32.7 Å². The average Bonchev–Trinajstić information content (AvgIpc) is 3.61. The van der Waals surface area contributed by atoms with Gasteiger partial charge in [-0.05, 0) is 42.5 Å². The highest BCUT2D eigenvalue weighted by molar-refractivity contribution is 7.93. The molecule has 212 valence electrons. The predicted molar refractivity (Wildman–Crippen MR) is 162 cm³/mol. The standard InChI is InChI=1S/C26H26N8O4S3/c1-37-19-11-17-18(12-20(19)38-2)31-23-22(17)24(30-14-29-23)33-7-9-34(10-8-33)26(39)32-25-28-13-21(40-25)41(35,36)16-5-3-15(27)4-6-16/h3-6,11-14H,7-10,27H2,1-2H3,(H,28,32,39)(H,29,30,31)/p+1. The number of rotatable bonds is 6. The molecule has 5 N–H and O–H groups in total. The maximum Gasteiger partial charge on any atom is 0.234 e. The summed E-state index contributed by atoms with van der Waals surface area (Å²) in [5.41, 5.74) is 7.85. The van der Waals surface area contributed by atoms with E-state index in [0.717, 1.165) is 39.1 Å². The number of thiocarbonyl (C=S) groups is 1. The van der Waals surface area contributed by atoms with E-state index in [1.807, 2.05) is 17.0 Å². The zero-order chi connectivity index (χ0) is 28.7. The van der Waals surface area contributed by atoms with Gasteiger partial charge in [0, 0.05) is 17.1 Å². The third-order valence-electron chi connectivity index (χ3n) is 6.95. The highest BCUT2D eigenvalue weighted by Crippen LogP contribution is 2.37. The summed E-state index contributed by atoms with van der Waals surface area (Å²) < 4.78 is 37.1. The number of nitrogen functional groups attached to an aromatic ring is 1. The molecule has 3 aromatic heterocycles. The van der Waals surface area contributed by atoms with E-state index in [0.29, 0.717) is 53.6 Å². The van der Waals surface area contributed by atoms with Crippen LogP contribution in [0, 0.1) is 0 Å². The molecule has 0 bridgehead atoms. The summed E-state index contributed by atoms with van der Waals surface area (Å²) in [6.07, 6.45) is 3.02. The molecule has 0 aliphatic carbocycles. The molecule has 6 rings (SSSR count). The first kappa shape index (κ1) is 27.0. The van der Waals surface area contributed by atoms with Gasteiger partial charge in [0.05, 0.1) is 57.0 Å². The topological polar surface area (TPSA) is 153 Å². The molecule has 0 spiro atoms. The third kappa shape index (κ3) is 4.96. The van der Waals surface area contributed by atoms with Gasteiger partial charge < -0.3 is 30.4 Å². The van der Waals surface area contributed by atoms with Gasteiger partial charge in [-0.2, -0.15) is 0 Å². The second kappa shape index (κ2) is 10.6. The molecule has 1 saturated heterocycles. The Hall–Kier alpha value is -4.21. The van der Waals surface area contributed by atoms with E-state index in [9.17, 15) is 8.42 Å². The minimum atomic E-state index is -3.70. The molecule has 41 heavy (non-hydrogen) atoms. The second-order valence-corrected chi connectivity index (χ2v) is 12.9. The van der Waals surface area contributed by atoms with E-state index >= 15 is 0 Å². The fraction of sp³-hybridized carbons (Fsp3) is 0.231. The van der Waals surface area contributed by atoms with Crippen molar-refractivity contribution >= 4 is 77.1 Å². The Balaban J connectivity index is 1.16. The quantitative estimate of drug-likeness (QED) is 0.192. The molecule has 12 nitrogen and oxygen atoms in total. The maximum atomic E-state index is 13.0. The van der Waals surface area contributed by atoms with Crippen LogP contribution in [-0.2, 0) is 9.84 Å². The van der Waals surface area contributed by atoms with Gasteiger partial charge >= 0.3 is 0 Å². The summed E-state index contributed by atoms with van der Waals surface area (Å²) in [6, 6.07) is 9.95. The van der Waals surface area contributed by atoms with Crippen molar-refractivity contribution in [2.45, 2.75) is 9.10 Å². The minimum Gasteiger partial charge on any atom is -0.493 e. The lowest BCUT2D eigenvalue weighted by Crippen LogP contribution is -2.51. The summed E-state index contributed by atoms with van der Waals surface area (Å²) in [6.45, 7) is 2.72. The van der Waals surface area contributed by atoms with Gasteiger partial charge in [0.2, 0.25) is 27.6 Å². The Morgan fingerprint density at radius 2 is 1.80 bits per heavy atom. The molecule has 0 atom stereocenters. The molecular weight excluding hydrogens is 585 g/mol. The Morgan fingerprint density at radius 3 is 2.51 bits per heavy atom. The first-order valence-electron chi connectivity index (χ1n) is 12.6. The lowest BCUT2D eigenvalue weighted by atomic mass is 10.1.